The van der Waals surface area contributed by atoms with Crippen LogP contribution in [0.4, 0.5) is 10.2 Å². The van der Waals surface area contributed by atoms with Gasteiger partial charge in [0.15, 0.2) is 6.61 Å². The van der Waals surface area contributed by atoms with E-state index in [1.54, 1.807) is 17.6 Å². The molecule has 1 saturated heterocycles. The zero-order valence-corrected chi connectivity index (χ0v) is 17.0. The van der Waals surface area contributed by atoms with Crippen molar-refractivity contribution in [3.63, 3.8) is 0 Å². The fourth-order valence-electron chi connectivity index (χ4n) is 3.32. The van der Waals surface area contributed by atoms with Gasteiger partial charge in [-0.2, -0.15) is 0 Å². The Morgan fingerprint density at radius 2 is 1.73 bits per heavy atom. The van der Waals surface area contributed by atoms with E-state index in [0.29, 0.717) is 31.9 Å². The average Bonchev–Trinajstić information content (AvgIpc) is 3.11. The van der Waals surface area contributed by atoms with E-state index in [9.17, 15) is 9.18 Å². The minimum Gasteiger partial charge on any atom is -0.484 e. The Hall–Kier alpha value is -3.49. The Balaban J connectivity index is 1.34. The number of rotatable bonds is 5. The topological polar surface area (TPSA) is 76.4 Å². The molecule has 3 aromatic rings. The number of halogens is 1. The third kappa shape index (κ3) is 4.24. The molecule has 0 unspecified atom stereocenters. The molecule has 8 nitrogen and oxygen atoms in total. The second-order valence-corrected chi connectivity index (χ2v) is 7.13. The van der Waals surface area contributed by atoms with E-state index in [2.05, 4.69) is 19.9 Å². The maximum atomic E-state index is 12.9. The number of piperazine rings is 1. The molecule has 1 aliphatic heterocycles. The number of anilines is 1. The number of carbonyl (C=O) groups excluding carboxylic acids is 1. The van der Waals surface area contributed by atoms with Crippen molar-refractivity contribution in [2.24, 2.45) is 0 Å². The summed E-state index contributed by atoms with van der Waals surface area (Å²) in [7, 11) is 0. The van der Waals surface area contributed by atoms with Crippen LogP contribution in [-0.2, 0) is 4.79 Å². The van der Waals surface area contributed by atoms with Crippen molar-refractivity contribution in [2.75, 3.05) is 37.7 Å². The number of hydrogen-bond donors (Lipinski definition) is 0. The lowest BCUT2D eigenvalue weighted by Gasteiger charge is -2.35. The number of carbonyl (C=O) groups is 1. The van der Waals surface area contributed by atoms with E-state index in [4.69, 9.17) is 4.74 Å². The van der Waals surface area contributed by atoms with Crippen molar-refractivity contribution in [1.82, 2.24) is 24.4 Å². The van der Waals surface area contributed by atoms with E-state index in [1.165, 1.54) is 24.3 Å². The van der Waals surface area contributed by atoms with Gasteiger partial charge in [-0.05, 0) is 38.1 Å². The van der Waals surface area contributed by atoms with Gasteiger partial charge >= 0.3 is 0 Å². The molecule has 0 aliphatic carbocycles. The van der Waals surface area contributed by atoms with E-state index in [0.717, 1.165) is 23.0 Å². The number of imidazole rings is 1. The van der Waals surface area contributed by atoms with Crippen LogP contribution in [0.5, 0.6) is 5.75 Å². The number of amides is 1. The first kappa shape index (κ1) is 19.8. The number of benzene rings is 1. The second-order valence-electron chi connectivity index (χ2n) is 7.13. The Morgan fingerprint density at radius 1 is 1.03 bits per heavy atom. The largest absolute Gasteiger partial charge is 0.484 e. The van der Waals surface area contributed by atoms with Gasteiger partial charge in [0.2, 0.25) is 0 Å². The molecule has 1 fully saturated rings. The predicted molar refractivity (Wildman–Crippen MR) is 109 cm³/mol. The first-order valence-electron chi connectivity index (χ1n) is 9.75. The van der Waals surface area contributed by atoms with E-state index in [-0.39, 0.29) is 18.3 Å². The molecule has 0 atom stereocenters. The number of aromatic nitrogens is 4. The summed E-state index contributed by atoms with van der Waals surface area (Å²) in [6.45, 7) is 6.39. The highest BCUT2D eigenvalue weighted by Crippen LogP contribution is 2.18. The van der Waals surface area contributed by atoms with E-state index in [1.807, 2.05) is 24.5 Å². The first-order chi connectivity index (χ1) is 14.5. The van der Waals surface area contributed by atoms with Gasteiger partial charge in [0.25, 0.3) is 5.91 Å². The normalized spacial score (nSPS) is 14.1. The molecule has 4 rings (SSSR count). The van der Waals surface area contributed by atoms with Gasteiger partial charge in [-0.1, -0.05) is 0 Å². The summed E-state index contributed by atoms with van der Waals surface area (Å²) >= 11 is 0. The summed E-state index contributed by atoms with van der Waals surface area (Å²) in [5.41, 5.74) is 2.00. The van der Waals surface area contributed by atoms with E-state index >= 15 is 0 Å². The van der Waals surface area contributed by atoms with Crippen LogP contribution in [-0.4, -0.2) is 63.1 Å². The van der Waals surface area contributed by atoms with Crippen LogP contribution in [0.15, 0.2) is 43.0 Å². The lowest BCUT2D eigenvalue weighted by molar-refractivity contribution is -0.133. The lowest BCUT2D eigenvalue weighted by atomic mass is 10.3. The van der Waals surface area contributed by atoms with Crippen molar-refractivity contribution in [2.45, 2.75) is 13.8 Å². The molecule has 0 N–H and O–H groups in total. The number of hydrogen-bond acceptors (Lipinski definition) is 6. The van der Waals surface area contributed by atoms with Crippen LogP contribution in [0.25, 0.3) is 5.82 Å². The second kappa shape index (κ2) is 8.48. The van der Waals surface area contributed by atoms with Crippen molar-refractivity contribution >= 4 is 11.7 Å². The Bertz CT molecular complexity index is 1030. The monoisotopic (exact) mass is 410 g/mol. The van der Waals surface area contributed by atoms with Crippen LogP contribution in [0.3, 0.4) is 0 Å². The minimum atomic E-state index is -0.337. The standard InChI is InChI=1S/C21H23FN6O2/c1-15-16(2)28(14-25-15)20-11-19(23-13-24-20)26-7-9-27(10-8-26)21(29)12-30-18-5-3-17(22)4-6-18/h3-6,11,13-14H,7-10,12H2,1-2H3. The van der Waals surface area contributed by atoms with E-state index < -0.39 is 0 Å². The minimum absolute atomic E-state index is 0.0669. The molecule has 156 valence electrons. The van der Waals surface area contributed by atoms with Gasteiger partial charge in [-0.15, -0.1) is 0 Å². The molecule has 1 aromatic carbocycles. The summed E-state index contributed by atoms with van der Waals surface area (Å²) in [4.78, 5) is 29.4. The number of aryl methyl sites for hydroxylation is 1. The Kier molecular flexibility index (Phi) is 5.60. The van der Waals surface area contributed by atoms with Gasteiger partial charge < -0.3 is 14.5 Å². The molecule has 30 heavy (non-hydrogen) atoms. The zero-order valence-electron chi connectivity index (χ0n) is 17.0. The average molecular weight is 410 g/mol. The molecule has 9 heteroatoms. The quantitative estimate of drug-likeness (QED) is 0.642. The molecule has 0 saturated carbocycles. The smallest absolute Gasteiger partial charge is 0.260 e. The highest BCUT2D eigenvalue weighted by atomic mass is 19.1. The zero-order chi connectivity index (χ0) is 21.1. The summed E-state index contributed by atoms with van der Waals surface area (Å²) in [6.07, 6.45) is 3.31. The summed E-state index contributed by atoms with van der Waals surface area (Å²) in [6, 6.07) is 7.57. The van der Waals surface area contributed by atoms with Gasteiger partial charge in [-0.25, -0.2) is 19.3 Å². The summed E-state index contributed by atoms with van der Waals surface area (Å²) < 4.78 is 20.3. The molecular weight excluding hydrogens is 387 g/mol. The van der Waals surface area contributed by atoms with Gasteiger partial charge in [0.05, 0.1) is 5.69 Å². The highest BCUT2D eigenvalue weighted by molar-refractivity contribution is 5.78. The maximum absolute atomic E-state index is 12.9. The highest BCUT2D eigenvalue weighted by Gasteiger charge is 2.22. The first-order valence-corrected chi connectivity index (χ1v) is 9.75. The van der Waals surface area contributed by atoms with Crippen molar-refractivity contribution in [3.05, 3.63) is 60.2 Å². The maximum Gasteiger partial charge on any atom is 0.260 e. The van der Waals surface area contributed by atoms with Gasteiger partial charge in [0.1, 0.15) is 35.9 Å². The van der Waals surface area contributed by atoms with Gasteiger partial charge in [0, 0.05) is 37.9 Å². The molecule has 0 bridgehead atoms. The molecule has 3 heterocycles. The van der Waals surface area contributed by atoms with Crippen molar-refractivity contribution in [1.29, 1.82) is 0 Å². The molecule has 1 amide bonds. The van der Waals surface area contributed by atoms with Crippen LogP contribution in [0.2, 0.25) is 0 Å². The molecular formula is C21H23FN6O2. The molecule has 2 aromatic heterocycles. The third-order valence-corrected chi connectivity index (χ3v) is 5.27. The van der Waals surface area contributed by atoms with Crippen LogP contribution < -0.4 is 9.64 Å². The van der Waals surface area contributed by atoms with Crippen LogP contribution >= 0.6 is 0 Å². The predicted octanol–water partition coefficient (Wildman–Crippen LogP) is 2.15. The molecule has 1 aliphatic rings. The van der Waals surface area contributed by atoms with Crippen molar-refractivity contribution < 1.29 is 13.9 Å². The Labute approximate surface area is 173 Å². The van der Waals surface area contributed by atoms with Gasteiger partial charge in [-0.3, -0.25) is 9.36 Å². The third-order valence-electron chi connectivity index (χ3n) is 5.27. The molecule has 0 spiro atoms. The molecule has 0 radical (unpaired) electrons. The van der Waals surface area contributed by atoms with Crippen LogP contribution in [0, 0.1) is 19.7 Å². The fraction of sp³-hybridized carbons (Fsp3) is 0.333. The summed E-state index contributed by atoms with van der Waals surface area (Å²) in [5, 5.41) is 0. The van der Waals surface area contributed by atoms with Crippen LogP contribution in [0.1, 0.15) is 11.4 Å². The lowest BCUT2D eigenvalue weighted by Crippen LogP contribution is -2.50. The SMILES string of the molecule is Cc1ncn(-c2cc(N3CCN(C(=O)COc4ccc(F)cc4)CC3)ncn2)c1C. The Morgan fingerprint density at radius 3 is 2.40 bits per heavy atom. The van der Waals surface area contributed by atoms with Crippen molar-refractivity contribution in [3.8, 4) is 11.6 Å². The summed E-state index contributed by atoms with van der Waals surface area (Å²) in [5.74, 6) is 1.63. The number of nitrogens with zero attached hydrogens (tertiary/aromatic N) is 6. The number of ether oxygens (including phenoxy) is 1. The fourth-order valence-corrected chi connectivity index (χ4v) is 3.32.